The molecule has 0 heterocycles. The highest BCUT2D eigenvalue weighted by Crippen LogP contribution is 2.19. The smallest absolute Gasteiger partial charge is 0.244 e. The van der Waals surface area contributed by atoms with Gasteiger partial charge in [0.15, 0.2) is 0 Å². The number of halogens is 2. The van der Waals surface area contributed by atoms with Crippen LogP contribution in [0.3, 0.4) is 0 Å². The zero-order valence-electron chi connectivity index (χ0n) is 10.9. The monoisotopic (exact) mass is 350 g/mol. The Hall–Kier alpha value is -2.21. The van der Waals surface area contributed by atoms with E-state index in [0.29, 0.717) is 11.1 Å². The van der Waals surface area contributed by atoms with Crippen molar-refractivity contribution in [2.24, 2.45) is 5.10 Å². The molecular weight excluding hydrogens is 339 g/mol. The number of carbonyl (C=O) groups is 1. The molecule has 2 aromatic rings. The number of nitrogens with zero attached hydrogens (tertiary/aromatic N) is 1. The molecule has 0 saturated carbocycles. The highest BCUT2D eigenvalue weighted by molar-refractivity contribution is 9.10. The maximum atomic E-state index is 12.7. The molecule has 2 rings (SSSR count). The maximum Gasteiger partial charge on any atom is 0.244 e. The van der Waals surface area contributed by atoms with Crippen molar-refractivity contribution >= 4 is 28.1 Å². The first-order valence-corrected chi connectivity index (χ1v) is 6.89. The van der Waals surface area contributed by atoms with Gasteiger partial charge in [0.05, 0.1) is 12.6 Å². The van der Waals surface area contributed by atoms with Gasteiger partial charge in [0.2, 0.25) is 5.91 Å². The fourth-order valence-electron chi connectivity index (χ4n) is 1.63. The number of hydrogen-bond donors (Lipinski definition) is 2. The molecule has 0 radical (unpaired) electrons. The predicted octanol–water partition coefficient (Wildman–Crippen LogP) is 2.99. The van der Waals surface area contributed by atoms with Crippen LogP contribution in [-0.2, 0) is 11.2 Å². The standard InChI is InChI=1S/C15H12BrFN2O2/c16-12-3-6-14(20)11(8-12)9-18-19-15(21)7-10-1-4-13(17)5-2-10/h1-6,8-9,20H,7H2,(H,19,21)/b18-9+. The van der Waals surface area contributed by atoms with E-state index in [0.717, 1.165) is 4.47 Å². The molecule has 0 spiro atoms. The minimum atomic E-state index is -0.345. The molecule has 0 aliphatic rings. The lowest BCUT2D eigenvalue weighted by atomic mass is 10.1. The van der Waals surface area contributed by atoms with Gasteiger partial charge in [-0.25, -0.2) is 9.82 Å². The third-order valence-electron chi connectivity index (χ3n) is 2.66. The molecule has 0 saturated heterocycles. The van der Waals surface area contributed by atoms with Gasteiger partial charge in [-0.3, -0.25) is 4.79 Å². The number of hydrazone groups is 1. The Balaban J connectivity index is 1.93. The Morgan fingerprint density at radius 3 is 2.71 bits per heavy atom. The second-order valence-electron chi connectivity index (χ2n) is 4.30. The predicted molar refractivity (Wildman–Crippen MR) is 81.6 cm³/mol. The molecule has 0 bridgehead atoms. The van der Waals surface area contributed by atoms with Crippen LogP contribution in [0.2, 0.25) is 0 Å². The molecule has 0 aromatic heterocycles. The number of benzene rings is 2. The molecule has 4 nitrogen and oxygen atoms in total. The molecule has 1 amide bonds. The minimum Gasteiger partial charge on any atom is -0.507 e. The van der Waals surface area contributed by atoms with Crippen molar-refractivity contribution in [3.63, 3.8) is 0 Å². The average molecular weight is 351 g/mol. The zero-order chi connectivity index (χ0) is 15.2. The van der Waals surface area contributed by atoms with E-state index in [1.165, 1.54) is 24.4 Å². The molecule has 0 atom stereocenters. The van der Waals surface area contributed by atoms with Gasteiger partial charge in [-0.2, -0.15) is 5.10 Å². The summed E-state index contributed by atoms with van der Waals surface area (Å²) < 4.78 is 13.5. The first kappa shape index (κ1) is 15.2. The van der Waals surface area contributed by atoms with Crippen molar-refractivity contribution in [1.82, 2.24) is 5.43 Å². The van der Waals surface area contributed by atoms with E-state index in [-0.39, 0.29) is 23.9 Å². The van der Waals surface area contributed by atoms with E-state index >= 15 is 0 Å². The summed E-state index contributed by atoms with van der Waals surface area (Å²) in [5.74, 6) is -0.607. The number of amides is 1. The van der Waals surface area contributed by atoms with E-state index in [4.69, 9.17) is 0 Å². The number of aromatic hydroxyl groups is 1. The lowest BCUT2D eigenvalue weighted by Crippen LogP contribution is -2.19. The summed E-state index contributed by atoms with van der Waals surface area (Å²) in [5, 5.41) is 13.4. The zero-order valence-corrected chi connectivity index (χ0v) is 12.5. The largest absolute Gasteiger partial charge is 0.507 e. The summed E-state index contributed by atoms with van der Waals surface area (Å²) in [5.41, 5.74) is 3.52. The molecule has 0 unspecified atom stereocenters. The average Bonchev–Trinajstić information content (AvgIpc) is 2.45. The highest BCUT2D eigenvalue weighted by Gasteiger charge is 2.03. The molecule has 2 N–H and O–H groups in total. The third-order valence-corrected chi connectivity index (χ3v) is 3.15. The number of carbonyl (C=O) groups excluding carboxylic acids is 1. The number of rotatable bonds is 4. The lowest BCUT2D eigenvalue weighted by Gasteiger charge is -2.01. The highest BCUT2D eigenvalue weighted by atomic mass is 79.9. The van der Waals surface area contributed by atoms with Crippen molar-refractivity contribution in [2.45, 2.75) is 6.42 Å². The summed E-state index contributed by atoms with van der Waals surface area (Å²) in [7, 11) is 0. The Morgan fingerprint density at radius 2 is 2.00 bits per heavy atom. The Bertz CT molecular complexity index is 672. The SMILES string of the molecule is O=C(Cc1ccc(F)cc1)N/N=C/c1cc(Br)ccc1O. The van der Waals surface area contributed by atoms with Gasteiger partial charge in [0.25, 0.3) is 0 Å². The molecule has 0 aliphatic carbocycles. The molecule has 108 valence electrons. The number of phenolic OH excluding ortho intramolecular Hbond substituents is 1. The topological polar surface area (TPSA) is 61.7 Å². The van der Waals surface area contributed by atoms with Gasteiger partial charge >= 0.3 is 0 Å². The fraction of sp³-hybridized carbons (Fsp3) is 0.0667. The summed E-state index contributed by atoms with van der Waals surface area (Å²) in [6, 6.07) is 10.6. The summed E-state index contributed by atoms with van der Waals surface area (Å²) in [4.78, 5) is 11.6. The van der Waals surface area contributed by atoms with Gasteiger partial charge in [-0.1, -0.05) is 28.1 Å². The van der Waals surface area contributed by atoms with Gasteiger partial charge in [-0.15, -0.1) is 0 Å². The van der Waals surface area contributed by atoms with Crippen LogP contribution in [-0.4, -0.2) is 17.2 Å². The molecule has 21 heavy (non-hydrogen) atoms. The molecule has 6 heteroatoms. The van der Waals surface area contributed by atoms with Crippen molar-refractivity contribution in [1.29, 1.82) is 0 Å². The van der Waals surface area contributed by atoms with Crippen molar-refractivity contribution < 1.29 is 14.3 Å². The van der Waals surface area contributed by atoms with Gasteiger partial charge in [0, 0.05) is 10.0 Å². The summed E-state index contributed by atoms with van der Waals surface area (Å²) >= 11 is 3.28. The van der Waals surface area contributed by atoms with Crippen LogP contribution < -0.4 is 5.43 Å². The van der Waals surface area contributed by atoms with E-state index < -0.39 is 0 Å². The molecule has 0 aliphatic heterocycles. The van der Waals surface area contributed by atoms with Crippen molar-refractivity contribution in [2.75, 3.05) is 0 Å². The number of hydrogen-bond acceptors (Lipinski definition) is 3. The van der Waals surface area contributed by atoms with Crippen LogP contribution in [0.1, 0.15) is 11.1 Å². The van der Waals surface area contributed by atoms with Crippen LogP contribution in [0.5, 0.6) is 5.75 Å². The normalized spacial score (nSPS) is 10.8. The molecule has 0 fully saturated rings. The fourth-order valence-corrected chi connectivity index (χ4v) is 2.01. The van der Waals surface area contributed by atoms with Gasteiger partial charge in [0.1, 0.15) is 11.6 Å². The second-order valence-corrected chi connectivity index (χ2v) is 5.22. The van der Waals surface area contributed by atoms with Crippen LogP contribution in [0.15, 0.2) is 52.0 Å². The quantitative estimate of drug-likeness (QED) is 0.657. The van der Waals surface area contributed by atoms with E-state index in [1.807, 2.05) is 0 Å². The van der Waals surface area contributed by atoms with E-state index in [1.54, 1.807) is 24.3 Å². The van der Waals surface area contributed by atoms with Crippen LogP contribution in [0.4, 0.5) is 4.39 Å². The summed E-state index contributed by atoms with van der Waals surface area (Å²) in [6.45, 7) is 0. The second kappa shape index (κ2) is 6.99. The summed E-state index contributed by atoms with van der Waals surface area (Å²) in [6.07, 6.45) is 1.45. The third kappa shape index (κ3) is 4.68. The van der Waals surface area contributed by atoms with Crippen LogP contribution in [0, 0.1) is 5.82 Å². The van der Waals surface area contributed by atoms with E-state index in [9.17, 15) is 14.3 Å². The van der Waals surface area contributed by atoms with E-state index in [2.05, 4.69) is 26.5 Å². The first-order chi connectivity index (χ1) is 10.0. The van der Waals surface area contributed by atoms with Gasteiger partial charge in [-0.05, 0) is 35.9 Å². The lowest BCUT2D eigenvalue weighted by molar-refractivity contribution is -0.120. The van der Waals surface area contributed by atoms with Gasteiger partial charge < -0.3 is 5.11 Å². The maximum absolute atomic E-state index is 12.7. The molecule has 2 aromatic carbocycles. The Labute approximate surface area is 129 Å². The van der Waals surface area contributed by atoms with Crippen molar-refractivity contribution in [3.8, 4) is 5.75 Å². The Kier molecular flexibility index (Phi) is 5.05. The number of phenols is 1. The first-order valence-electron chi connectivity index (χ1n) is 6.09. The molecular formula is C15H12BrFN2O2. The Morgan fingerprint density at radius 1 is 1.29 bits per heavy atom. The number of nitrogens with one attached hydrogen (secondary N) is 1. The van der Waals surface area contributed by atoms with Crippen molar-refractivity contribution in [3.05, 3.63) is 63.9 Å². The van der Waals surface area contributed by atoms with Crippen LogP contribution in [0.25, 0.3) is 0 Å². The van der Waals surface area contributed by atoms with Crippen LogP contribution >= 0.6 is 15.9 Å². The minimum absolute atomic E-state index is 0.0646.